The molecule has 6 heteroatoms. The van der Waals surface area contributed by atoms with Crippen LogP contribution in [0.1, 0.15) is 36.2 Å². The summed E-state index contributed by atoms with van der Waals surface area (Å²) in [6, 6.07) is 16.0. The van der Waals surface area contributed by atoms with Crippen LogP contribution in [0.4, 0.5) is 5.69 Å². The molecule has 0 aromatic heterocycles. The Bertz CT molecular complexity index is 722. The first-order valence-corrected chi connectivity index (χ1v) is 8.50. The molecule has 2 rings (SSSR count). The summed E-state index contributed by atoms with van der Waals surface area (Å²) < 4.78 is 0. The van der Waals surface area contributed by atoms with Gasteiger partial charge in [-0.2, -0.15) is 0 Å². The SMILES string of the molecule is CCC(C)C(N)C(=O)Nc1cccc(C(=O)NCc2ccccc2)c1.Cl. The minimum Gasteiger partial charge on any atom is -0.348 e. The fraction of sp³-hybridized carbons (Fsp3) is 0.300. The van der Waals surface area contributed by atoms with Crippen LogP contribution in [-0.4, -0.2) is 17.9 Å². The molecule has 2 aromatic carbocycles. The Morgan fingerprint density at radius 3 is 2.42 bits per heavy atom. The number of carbonyl (C=O) groups excluding carboxylic acids is 2. The van der Waals surface area contributed by atoms with E-state index in [1.165, 1.54) is 0 Å². The largest absolute Gasteiger partial charge is 0.348 e. The van der Waals surface area contributed by atoms with E-state index in [-0.39, 0.29) is 30.1 Å². The van der Waals surface area contributed by atoms with Gasteiger partial charge in [-0.15, -0.1) is 12.4 Å². The zero-order chi connectivity index (χ0) is 18.2. The molecule has 26 heavy (non-hydrogen) atoms. The lowest BCUT2D eigenvalue weighted by atomic mass is 9.99. The summed E-state index contributed by atoms with van der Waals surface area (Å²) in [7, 11) is 0. The standard InChI is InChI=1S/C20H25N3O2.ClH/c1-3-14(2)18(21)20(25)23-17-11-7-10-16(12-17)19(24)22-13-15-8-5-4-6-9-15;/h4-12,14,18H,3,13,21H2,1-2H3,(H,22,24)(H,23,25);1H. The predicted octanol–water partition coefficient (Wildman–Crippen LogP) is 3.35. The zero-order valence-electron chi connectivity index (χ0n) is 15.1. The molecule has 0 fully saturated rings. The van der Waals surface area contributed by atoms with Gasteiger partial charge >= 0.3 is 0 Å². The van der Waals surface area contributed by atoms with Crippen molar-refractivity contribution >= 4 is 29.9 Å². The van der Waals surface area contributed by atoms with Crippen molar-refractivity contribution in [3.05, 3.63) is 65.7 Å². The molecule has 2 unspecified atom stereocenters. The van der Waals surface area contributed by atoms with E-state index in [1.54, 1.807) is 24.3 Å². The van der Waals surface area contributed by atoms with Gasteiger partial charge in [0.2, 0.25) is 5.91 Å². The number of hydrogen-bond acceptors (Lipinski definition) is 3. The monoisotopic (exact) mass is 375 g/mol. The van der Waals surface area contributed by atoms with Crippen LogP contribution in [0.2, 0.25) is 0 Å². The van der Waals surface area contributed by atoms with Gasteiger partial charge in [-0.1, -0.05) is 56.7 Å². The van der Waals surface area contributed by atoms with Crippen LogP contribution in [0, 0.1) is 5.92 Å². The van der Waals surface area contributed by atoms with Gasteiger partial charge in [0, 0.05) is 17.8 Å². The van der Waals surface area contributed by atoms with Gasteiger partial charge in [-0.25, -0.2) is 0 Å². The predicted molar refractivity (Wildman–Crippen MR) is 107 cm³/mol. The number of hydrogen-bond donors (Lipinski definition) is 3. The minimum absolute atomic E-state index is 0. The first-order valence-electron chi connectivity index (χ1n) is 8.50. The fourth-order valence-corrected chi connectivity index (χ4v) is 2.36. The summed E-state index contributed by atoms with van der Waals surface area (Å²) in [4.78, 5) is 24.5. The first kappa shape index (κ1) is 21.7. The maximum absolute atomic E-state index is 12.3. The van der Waals surface area contributed by atoms with Crippen LogP contribution >= 0.6 is 12.4 Å². The van der Waals surface area contributed by atoms with Crippen LogP contribution in [0.5, 0.6) is 0 Å². The van der Waals surface area contributed by atoms with Gasteiger partial charge in [-0.05, 0) is 29.7 Å². The topological polar surface area (TPSA) is 84.2 Å². The lowest BCUT2D eigenvalue weighted by molar-refractivity contribution is -0.118. The minimum atomic E-state index is -0.569. The Morgan fingerprint density at radius 2 is 1.77 bits per heavy atom. The second-order valence-electron chi connectivity index (χ2n) is 6.15. The molecule has 2 amide bonds. The Hall–Kier alpha value is -2.37. The van der Waals surface area contributed by atoms with Crippen LogP contribution in [0.15, 0.2) is 54.6 Å². The van der Waals surface area contributed by atoms with Crippen LogP contribution in [0.25, 0.3) is 0 Å². The smallest absolute Gasteiger partial charge is 0.251 e. The van der Waals surface area contributed by atoms with Crippen molar-refractivity contribution in [1.82, 2.24) is 5.32 Å². The van der Waals surface area contributed by atoms with Crippen molar-refractivity contribution in [2.75, 3.05) is 5.32 Å². The highest BCUT2D eigenvalue weighted by molar-refractivity contribution is 5.98. The molecule has 140 valence electrons. The van der Waals surface area contributed by atoms with Crippen molar-refractivity contribution in [1.29, 1.82) is 0 Å². The number of halogens is 1. The second kappa shape index (κ2) is 10.6. The average Bonchev–Trinajstić information content (AvgIpc) is 2.65. The van der Waals surface area contributed by atoms with Crippen LogP contribution in [-0.2, 0) is 11.3 Å². The van der Waals surface area contributed by atoms with Crippen LogP contribution in [0.3, 0.4) is 0 Å². The van der Waals surface area contributed by atoms with Gasteiger partial charge in [0.1, 0.15) is 0 Å². The van der Waals surface area contributed by atoms with Gasteiger partial charge in [0.25, 0.3) is 5.91 Å². The molecule has 0 spiro atoms. The number of nitrogens with two attached hydrogens (primary N) is 1. The highest BCUT2D eigenvalue weighted by Crippen LogP contribution is 2.13. The maximum Gasteiger partial charge on any atom is 0.251 e. The molecule has 0 heterocycles. The van der Waals surface area contributed by atoms with Gasteiger partial charge in [-0.3, -0.25) is 9.59 Å². The van der Waals surface area contributed by atoms with E-state index in [1.807, 2.05) is 44.2 Å². The summed E-state index contributed by atoms with van der Waals surface area (Å²) in [5.41, 5.74) is 8.02. The van der Waals surface area contributed by atoms with Gasteiger partial charge in [0.15, 0.2) is 0 Å². The zero-order valence-corrected chi connectivity index (χ0v) is 15.9. The van der Waals surface area contributed by atoms with E-state index < -0.39 is 6.04 Å². The Balaban J connectivity index is 0.00000338. The first-order chi connectivity index (χ1) is 12.0. The molecule has 4 N–H and O–H groups in total. The van der Waals surface area contributed by atoms with E-state index >= 15 is 0 Å². The summed E-state index contributed by atoms with van der Waals surface area (Å²) in [5.74, 6) is -0.334. The molecular weight excluding hydrogens is 350 g/mol. The number of amides is 2. The molecular formula is C20H26ClN3O2. The number of benzene rings is 2. The van der Waals surface area contributed by atoms with E-state index in [4.69, 9.17) is 5.73 Å². The maximum atomic E-state index is 12.3. The highest BCUT2D eigenvalue weighted by atomic mass is 35.5. The van der Waals surface area contributed by atoms with Gasteiger partial charge in [0.05, 0.1) is 6.04 Å². The Kier molecular flexibility index (Phi) is 8.82. The summed E-state index contributed by atoms with van der Waals surface area (Å²) >= 11 is 0. The van der Waals surface area contributed by atoms with E-state index in [9.17, 15) is 9.59 Å². The summed E-state index contributed by atoms with van der Waals surface area (Å²) in [5, 5.41) is 5.65. The summed E-state index contributed by atoms with van der Waals surface area (Å²) in [6.45, 7) is 4.39. The molecule has 0 saturated carbocycles. The molecule has 5 nitrogen and oxygen atoms in total. The number of nitrogens with one attached hydrogen (secondary N) is 2. The Morgan fingerprint density at radius 1 is 1.08 bits per heavy atom. The van der Waals surface area contributed by atoms with Gasteiger partial charge < -0.3 is 16.4 Å². The van der Waals surface area contributed by atoms with Crippen molar-refractivity contribution < 1.29 is 9.59 Å². The summed E-state index contributed by atoms with van der Waals surface area (Å²) in [6.07, 6.45) is 0.830. The highest BCUT2D eigenvalue weighted by Gasteiger charge is 2.19. The molecule has 2 atom stereocenters. The normalized spacial score (nSPS) is 12.4. The van der Waals surface area contributed by atoms with E-state index in [0.717, 1.165) is 12.0 Å². The molecule has 0 aliphatic rings. The van der Waals surface area contributed by atoms with Crippen LogP contribution < -0.4 is 16.4 Å². The third-order valence-electron chi connectivity index (χ3n) is 4.25. The van der Waals surface area contributed by atoms with E-state index in [0.29, 0.717) is 17.8 Å². The lowest BCUT2D eigenvalue weighted by Gasteiger charge is -2.18. The third kappa shape index (κ3) is 6.17. The number of rotatable bonds is 7. The van der Waals surface area contributed by atoms with Crippen molar-refractivity contribution in [3.8, 4) is 0 Å². The van der Waals surface area contributed by atoms with Crippen molar-refractivity contribution in [2.24, 2.45) is 11.7 Å². The molecule has 2 aromatic rings. The average molecular weight is 376 g/mol. The lowest BCUT2D eigenvalue weighted by Crippen LogP contribution is -2.40. The van der Waals surface area contributed by atoms with Crippen molar-refractivity contribution in [3.63, 3.8) is 0 Å². The fourth-order valence-electron chi connectivity index (χ4n) is 2.36. The second-order valence-corrected chi connectivity index (χ2v) is 6.15. The van der Waals surface area contributed by atoms with Crippen molar-refractivity contribution in [2.45, 2.75) is 32.9 Å². The molecule has 0 saturated heterocycles. The number of anilines is 1. The van der Waals surface area contributed by atoms with E-state index in [2.05, 4.69) is 10.6 Å². The number of carbonyl (C=O) groups is 2. The Labute approximate surface area is 160 Å². The molecule has 0 radical (unpaired) electrons. The quantitative estimate of drug-likeness (QED) is 0.693. The third-order valence-corrected chi connectivity index (χ3v) is 4.25. The molecule has 0 aliphatic carbocycles. The molecule has 0 aliphatic heterocycles. The molecule has 0 bridgehead atoms.